The van der Waals surface area contributed by atoms with E-state index in [1.807, 2.05) is 12.1 Å². The molecule has 1 aliphatic rings. The van der Waals surface area contributed by atoms with Crippen LogP contribution in [0.1, 0.15) is 31.6 Å². The molecule has 6 heteroatoms. The molecule has 0 unspecified atom stereocenters. The van der Waals surface area contributed by atoms with E-state index in [0.717, 1.165) is 18.4 Å². The third-order valence-electron chi connectivity index (χ3n) is 3.75. The van der Waals surface area contributed by atoms with Crippen molar-refractivity contribution in [2.75, 3.05) is 6.54 Å². The molecule has 102 valence electrons. The van der Waals surface area contributed by atoms with Crippen LogP contribution in [-0.2, 0) is 5.41 Å². The summed E-state index contributed by atoms with van der Waals surface area (Å²) >= 11 is 0. The zero-order valence-corrected chi connectivity index (χ0v) is 11.4. The Balaban J connectivity index is 0.00000133. The van der Waals surface area contributed by atoms with Crippen molar-refractivity contribution in [3.05, 3.63) is 30.4 Å². The molecular weight excluding hydrogens is 264 g/mol. The summed E-state index contributed by atoms with van der Waals surface area (Å²) in [4.78, 5) is 8.57. The summed E-state index contributed by atoms with van der Waals surface area (Å²) in [7, 11) is 0. The van der Waals surface area contributed by atoms with E-state index < -0.39 is 0 Å². The summed E-state index contributed by atoms with van der Waals surface area (Å²) < 4.78 is 5.43. The van der Waals surface area contributed by atoms with E-state index in [1.165, 1.54) is 12.8 Å². The average Bonchev–Trinajstić information content (AvgIpc) is 3.09. The van der Waals surface area contributed by atoms with Crippen molar-refractivity contribution in [3.63, 3.8) is 0 Å². The lowest BCUT2D eigenvalue weighted by Crippen LogP contribution is -2.32. The molecule has 1 fully saturated rings. The number of hydrogen-bond acceptors (Lipinski definition) is 5. The predicted octanol–water partition coefficient (Wildman–Crippen LogP) is 2.32. The van der Waals surface area contributed by atoms with Crippen LogP contribution in [0.15, 0.2) is 29.0 Å². The zero-order chi connectivity index (χ0) is 12.4. The lowest BCUT2D eigenvalue weighted by Gasteiger charge is -2.21. The second kappa shape index (κ2) is 5.67. The highest BCUT2D eigenvalue weighted by Gasteiger charge is 2.39. The predicted molar refractivity (Wildman–Crippen MR) is 74.0 cm³/mol. The molecule has 0 radical (unpaired) electrons. The van der Waals surface area contributed by atoms with Crippen molar-refractivity contribution >= 4 is 12.4 Å². The lowest BCUT2D eigenvalue weighted by molar-refractivity contribution is 0.284. The Kier molecular flexibility index (Phi) is 4.17. The van der Waals surface area contributed by atoms with Gasteiger partial charge < -0.3 is 10.3 Å². The van der Waals surface area contributed by atoms with Gasteiger partial charge in [0.05, 0.1) is 5.41 Å². The van der Waals surface area contributed by atoms with Gasteiger partial charge in [-0.1, -0.05) is 18.0 Å². The minimum Gasteiger partial charge on any atom is -0.338 e. The van der Waals surface area contributed by atoms with Crippen LogP contribution in [0.3, 0.4) is 0 Å². The van der Waals surface area contributed by atoms with Crippen LogP contribution in [-0.4, -0.2) is 21.7 Å². The highest BCUT2D eigenvalue weighted by Crippen LogP contribution is 2.39. The first-order valence-electron chi connectivity index (χ1n) is 6.29. The molecule has 0 saturated heterocycles. The fraction of sp³-hybridized carbons (Fsp3) is 0.462. The van der Waals surface area contributed by atoms with Crippen LogP contribution in [0.25, 0.3) is 11.4 Å². The summed E-state index contributed by atoms with van der Waals surface area (Å²) in [5.41, 5.74) is 6.68. The Morgan fingerprint density at radius 3 is 2.74 bits per heavy atom. The standard InChI is InChI=1S/C13H16N4O.ClH/c14-9-13(5-1-2-6-13)12-16-11(17-18-12)10-4-3-7-15-8-10;/h3-4,7-8H,1-2,5-6,9,14H2;1H. The van der Waals surface area contributed by atoms with Gasteiger partial charge in [-0.3, -0.25) is 4.98 Å². The van der Waals surface area contributed by atoms with Crippen LogP contribution >= 0.6 is 12.4 Å². The summed E-state index contributed by atoms with van der Waals surface area (Å²) in [6.45, 7) is 0.571. The van der Waals surface area contributed by atoms with Gasteiger partial charge in [0.25, 0.3) is 0 Å². The molecule has 0 atom stereocenters. The van der Waals surface area contributed by atoms with Gasteiger partial charge >= 0.3 is 0 Å². The van der Waals surface area contributed by atoms with Crippen molar-refractivity contribution in [2.24, 2.45) is 5.73 Å². The molecule has 0 spiro atoms. The fourth-order valence-electron chi connectivity index (χ4n) is 2.61. The average molecular weight is 281 g/mol. The monoisotopic (exact) mass is 280 g/mol. The van der Waals surface area contributed by atoms with Gasteiger partial charge in [0.1, 0.15) is 0 Å². The summed E-state index contributed by atoms with van der Waals surface area (Å²) in [6, 6.07) is 3.78. The lowest BCUT2D eigenvalue weighted by atomic mass is 9.86. The summed E-state index contributed by atoms with van der Waals surface area (Å²) in [6.07, 6.45) is 7.90. The van der Waals surface area contributed by atoms with Crippen molar-refractivity contribution < 1.29 is 4.52 Å². The van der Waals surface area contributed by atoms with Gasteiger partial charge in [0.15, 0.2) is 0 Å². The van der Waals surface area contributed by atoms with Gasteiger partial charge in [-0.05, 0) is 25.0 Å². The zero-order valence-electron chi connectivity index (χ0n) is 10.6. The normalized spacial score (nSPS) is 17.1. The van der Waals surface area contributed by atoms with Crippen LogP contribution < -0.4 is 5.73 Å². The van der Waals surface area contributed by atoms with Crippen LogP contribution in [0.5, 0.6) is 0 Å². The quantitative estimate of drug-likeness (QED) is 0.933. The van der Waals surface area contributed by atoms with Crippen LogP contribution in [0.2, 0.25) is 0 Å². The van der Waals surface area contributed by atoms with Crippen LogP contribution in [0.4, 0.5) is 0 Å². The number of aromatic nitrogens is 3. The summed E-state index contributed by atoms with van der Waals surface area (Å²) in [5, 5.41) is 4.04. The third kappa shape index (κ3) is 2.48. The molecule has 1 saturated carbocycles. The first-order chi connectivity index (χ1) is 8.84. The number of hydrogen-bond donors (Lipinski definition) is 1. The molecule has 5 nitrogen and oxygen atoms in total. The Hall–Kier alpha value is -1.46. The molecule has 2 heterocycles. The molecule has 0 aliphatic heterocycles. The molecule has 2 aromatic rings. The molecule has 19 heavy (non-hydrogen) atoms. The Bertz CT molecular complexity index is 522. The number of pyridine rings is 1. The number of nitrogens with zero attached hydrogens (tertiary/aromatic N) is 3. The Labute approximate surface area is 118 Å². The van der Waals surface area contributed by atoms with E-state index in [9.17, 15) is 0 Å². The van der Waals surface area contributed by atoms with Gasteiger partial charge in [0.2, 0.25) is 11.7 Å². The van der Waals surface area contributed by atoms with Gasteiger partial charge in [-0.2, -0.15) is 4.98 Å². The molecule has 2 aromatic heterocycles. The molecular formula is C13H17ClN4O. The minimum absolute atomic E-state index is 0. The second-order valence-electron chi connectivity index (χ2n) is 4.86. The van der Waals surface area contributed by atoms with Crippen LogP contribution in [0, 0.1) is 0 Å². The van der Waals surface area contributed by atoms with E-state index in [4.69, 9.17) is 10.3 Å². The number of rotatable bonds is 3. The smallest absolute Gasteiger partial charge is 0.234 e. The van der Waals surface area contributed by atoms with Crippen molar-refractivity contribution in [3.8, 4) is 11.4 Å². The highest BCUT2D eigenvalue weighted by atomic mass is 35.5. The van der Waals surface area contributed by atoms with E-state index in [1.54, 1.807) is 12.4 Å². The van der Waals surface area contributed by atoms with E-state index in [-0.39, 0.29) is 17.8 Å². The largest absolute Gasteiger partial charge is 0.338 e. The fourth-order valence-corrected chi connectivity index (χ4v) is 2.61. The van der Waals surface area contributed by atoms with Gasteiger partial charge in [0, 0.05) is 24.5 Å². The maximum absolute atomic E-state index is 5.91. The maximum atomic E-state index is 5.91. The molecule has 1 aliphatic carbocycles. The van der Waals surface area contributed by atoms with Crippen molar-refractivity contribution in [2.45, 2.75) is 31.1 Å². The van der Waals surface area contributed by atoms with Crippen molar-refractivity contribution in [1.29, 1.82) is 0 Å². The minimum atomic E-state index is -0.104. The Morgan fingerprint density at radius 1 is 1.32 bits per heavy atom. The molecule has 2 N–H and O–H groups in total. The SMILES string of the molecule is Cl.NCC1(c2nc(-c3cccnc3)no2)CCCC1. The first-order valence-corrected chi connectivity index (χ1v) is 6.29. The van der Waals surface area contributed by atoms with Crippen molar-refractivity contribution in [1.82, 2.24) is 15.1 Å². The van der Waals surface area contributed by atoms with Gasteiger partial charge in [-0.25, -0.2) is 0 Å². The van der Waals surface area contributed by atoms with E-state index >= 15 is 0 Å². The molecule has 0 bridgehead atoms. The number of nitrogens with two attached hydrogens (primary N) is 1. The van der Waals surface area contributed by atoms with E-state index in [2.05, 4.69) is 15.1 Å². The Morgan fingerprint density at radius 2 is 2.11 bits per heavy atom. The summed E-state index contributed by atoms with van der Waals surface area (Å²) in [5.74, 6) is 1.28. The molecule has 0 aromatic carbocycles. The maximum Gasteiger partial charge on any atom is 0.234 e. The number of halogens is 1. The highest BCUT2D eigenvalue weighted by molar-refractivity contribution is 5.85. The first kappa shape index (κ1) is 14.0. The van der Waals surface area contributed by atoms with E-state index in [0.29, 0.717) is 18.3 Å². The topological polar surface area (TPSA) is 77.8 Å². The molecule has 0 amide bonds. The second-order valence-corrected chi connectivity index (χ2v) is 4.86. The molecule has 3 rings (SSSR count). The third-order valence-corrected chi connectivity index (χ3v) is 3.75. The van der Waals surface area contributed by atoms with Gasteiger partial charge in [-0.15, -0.1) is 12.4 Å².